The molecule has 2 N–H and O–H groups in total. The number of halogens is 1. The van der Waals surface area contributed by atoms with Gasteiger partial charge < -0.3 is 5.73 Å². The Morgan fingerprint density at radius 1 is 1.22 bits per heavy atom. The molecule has 1 aliphatic rings. The maximum Gasteiger partial charge on any atom is 0.244 e. The first kappa shape index (κ1) is 16.0. The number of hydrogen-bond donors (Lipinski definition) is 1. The van der Waals surface area contributed by atoms with Crippen molar-refractivity contribution in [1.82, 2.24) is 9.29 Å². The third-order valence-electron chi connectivity index (χ3n) is 4.26. The topological polar surface area (TPSA) is 76.3 Å². The lowest BCUT2D eigenvalue weighted by atomic mass is 9.89. The third kappa shape index (κ3) is 3.12. The van der Waals surface area contributed by atoms with Crippen LogP contribution in [0.1, 0.15) is 11.5 Å². The van der Waals surface area contributed by atoms with Crippen LogP contribution in [0, 0.1) is 11.7 Å². The van der Waals surface area contributed by atoms with Gasteiger partial charge in [-0.2, -0.15) is 4.31 Å². The van der Waals surface area contributed by atoms with E-state index in [9.17, 15) is 12.8 Å². The lowest BCUT2D eigenvalue weighted by molar-refractivity contribution is 0.458. The standard InChI is InChI=1S/C16H18FN3O2S/c17-14-6-15(9-19-8-14)23(21,22)20-10-13(7-18)16(11-20)12-4-2-1-3-5-12/h1-6,8-9,13,16H,7,10-11,18H2/t13-,16+/m1/s1. The second-order valence-electron chi connectivity index (χ2n) is 5.67. The molecule has 2 atom stereocenters. The normalized spacial score (nSPS) is 22.3. The summed E-state index contributed by atoms with van der Waals surface area (Å²) in [6, 6.07) is 10.7. The Labute approximate surface area is 135 Å². The van der Waals surface area contributed by atoms with Crippen molar-refractivity contribution in [2.45, 2.75) is 10.8 Å². The van der Waals surface area contributed by atoms with Gasteiger partial charge in [0, 0.05) is 25.2 Å². The number of aromatic nitrogens is 1. The molecule has 122 valence electrons. The number of hydrogen-bond acceptors (Lipinski definition) is 4. The fourth-order valence-electron chi connectivity index (χ4n) is 3.03. The van der Waals surface area contributed by atoms with Crippen molar-refractivity contribution in [2.75, 3.05) is 19.6 Å². The van der Waals surface area contributed by atoms with E-state index in [-0.39, 0.29) is 16.7 Å². The van der Waals surface area contributed by atoms with Crippen LogP contribution in [0.5, 0.6) is 0 Å². The number of nitrogens with two attached hydrogens (primary N) is 1. The maximum absolute atomic E-state index is 13.3. The molecule has 1 saturated heterocycles. The van der Waals surface area contributed by atoms with E-state index < -0.39 is 15.8 Å². The van der Waals surface area contributed by atoms with Gasteiger partial charge in [-0.1, -0.05) is 30.3 Å². The summed E-state index contributed by atoms with van der Waals surface area (Å²) in [5.41, 5.74) is 6.90. The SMILES string of the molecule is NC[C@@H]1CN(S(=O)(=O)c2cncc(F)c2)C[C@H]1c1ccccc1. The zero-order valence-corrected chi connectivity index (χ0v) is 13.3. The van der Waals surface area contributed by atoms with Gasteiger partial charge in [0.1, 0.15) is 10.7 Å². The Bertz CT molecular complexity index is 783. The maximum atomic E-state index is 13.3. The van der Waals surface area contributed by atoms with E-state index >= 15 is 0 Å². The summed E-state index contributed by atoms with van der Waals surface area (Å²) >= 11 is 0. The van der Waals surface area contributed by atoms with Gasteiger partial charge in [0.05, 0.1) is 6.20 Å². The van der Waals surface area contributed by atoms with Gasteiger partial charge in [-0.15, -0.1) is 0 Å². The van der Waals surface area contributed by atoms with Crippen molar-refractivity contribution in [2.24, 2.45) is 11.7 Å². The van der Waals surface area contributed by atoms with Crippen molar-refractivity contribution in [3.05, 3.63) is 60.2 Å². The molecule has 0 spiro atoms. The van der Waals surface area contributed by atoms with Crippen molar-refractivity contribution >= 4 is 10.0 Å². The molecule has 0 aliphatic carbocycles. The van der Waals surface area contributed by atoms with Gasteiger partial charge in [-0.25, -0.2) is 12.8 Å². The van der Waals surface area contributed by atoms with Crippen LogP contribution in [0.2, 0.25) is 0 Å². The third-order valence-corrected chi connectivity index (χ3v) is 6.05. The van der Waals surface area contributed by atoms with E-state index in [1.54, 1.807) is 0 Å². The van der Waals surface area contributed by atoms with Crippen molar-refractivity contribution in [1.29, 1.82) is 0 Å². The molecule has 1 aromatic heterocycles. The first-order chi connectivity index (χ1) is 11.0. The molecule has 1 aliphatic heterocycles. The van der Waals surface area contributed by atoms with Gasteiger partial charge in [-0.3, -0.25) is 4.98 Å². The van der Waals surface area contributed by atoms with Gasteiger partial charge in [0.25, 0.3) is 0 Å². The Hall–Kier alpha value is -1.83. The van der Waals surface area contributed by atoms with Crippen LogP contribution >= 0.6 is 0 Å². The zero-order valence-electron chi connectivity index (χ0n) is 12.5. The van der Waals surface area contributed by atoms with Crippen LogP contribution in [-0.2, 0) is 10.0 Å². The Balaban J connectivity index is 1.90. The summed E-state index contributed by atoms with van der Waals surface area (Å²) in [5, 5.41) is 0. The minimum Gasteiger partial charge on any atom is -0.330 e. The number of sulfonamides is 1. The summed E-state index contributed by atoms with van der Waals surface area (Å²) in [7, 11) is -3.77. The molecular formula is C16H18FN3O2S. The number of benzene rings is 1. The fourth-order valence-corrected chi connectivity index (χ4v) is 4.53. The quantitative estimate of drug-likeness (QED) is 0.920. The Morgan fingerprint density at radius 2 is 1.96 bits per heavy atom. The van der Waals surface area contributed by atoms with E-state index in [1.807, 2.05) is 30.3 Å². The van der Waals surface area contributed by atoms with E-state index in [2.05, 4.69) is 4.98 Å². The minimum atomic E-state index is -3.77. The van der Waals surface area contributed by atoms with Crippen LogP contribution in [0.15, 0.2) is 53.7 Å². The monoisotopic (exact) mass is 335 g/mol. The van der Waals surface area contributed by atoms with E-state index in [1.165, 1.54) is 10.5 Å². The van der Waals surface area contributed by atoms with Crippen LogP contribution in [0.3, 0.4) is 0 Å². The summed E-state index contributed by atoms with van der Waals surface area (Å²) < 4.78 is 40.1. The molecule has 0 radical (unpaired) electrons. The molecule has 2 heterocycles. The average molecular weight is 335 g/mol. The highest BCUT2D eigenvalue weighted by atomic mass is 32.2. The molecule has 0 bridgehead atoms. The molecule has 23 heavy (non-hydrogen) atoms. The van der Waals surface area contributed by atoms with E-state index in [0.717, 1.165) is 17.8 Å². The van der Waals surface area contributed by atoms with Gasteiger partial charge >= 0.3 is 0 Å². The molecule has 3 rings (SSSR count). The van der Waals surface area contributed by atoms with E-state index in [4.69, 9.17) is 5.73 Å². The summed E-state index contributed by atoms with van der Waals surface area (Å²) in [5.74, 6) is -0.591. The lowest BCUT2D eigenvalue weighted by Gasteiger charge is -2.17. The molecule has 0 amide bonds. The molecule has 0 unspecified atom stereocenters. The first-order valence-corrected chi connectivity index (χ1v) is 8.82. The summed E-state index contributed by atoms with van der Waals surface area (Å²) in [6.45, 7) is 1.06. The number of nitrogens with zero attached hydrogens (tertiary/aromatic N) is 2. The Kier molecular flexibility index (Phi) is 4.43. The van der Waals surface area contributed by atoms with Gasteiger partial charge in [0.2, 0.25) is 10.0 Å². The first-order valence-electron chi connectivity index (χ1n) is 7.38. The van der Waals surface area contributed by atoms with Crippen LogP contribution < -0.4 is 5.73 Å². The molecule has 1 aromatic carbocycles. The molecule has 5 nitrogen and oxygen atoms in total. The predicted octanol–water partition coefficient (Wildman–Crippen LogP) is 1.58. The smallest absolute Gasteiger partial charge is 0.244 e. The largest absolute Gasteiger partial charge is 0.330 e. The van der Waals surface area contributed by atoms with Crippen LogP contribution in [0.25, 0.3) is 0 Å². The highest BCUT2D eigenvalue weighted by molar-refractivity contribution is 7.89. The minimum absolute atomic E-state index is 0.0358. The predicted molar refractivity (Wildman–Crippen MR) is 84.7 cm³/mol. The second-order valence-corrected chi connectivity index (χ2v) is 7.61. The Morgan fingerprint density at radius 3 is 2.61 bits per heavy atom. The van der Waals surface area contributed by atoms with Gasteiger partial charge in [-0.05, 0) is 24.1 Å². The molecular weight excluding hydrogens is 317 g/mol. The molecule has 1 fully saturated rings. The second kappa shape index (κ2) is 6.35. The highest BCUT2D eigenvalue weighted by Crippen LogP contribution is 2.35. The van der Waals surface area contributed by atoms with E-state index in [0.29, 0.717) is 19.6 Å². The molecule has 2 aromatic rings. The van der Waals surface area contributed by atoms with Gasteiger partial charge in [0.15, 0.2) is 0 Å². The van der Waals surface area contributed by atoms with Crippen LogP contribution in [0.4, 0.5) is 4.39 Å². The average Bonchev–Trinajstić information content (AvgIpc) is 3.01. The summed E-state index contributed by atoms with van der Waals surface area (Å²) in [6.07, 6.45) is 2.16. The number of pyridine rings is 1. The lowest BCUT2D eigenvalue weighted by Crippen LogP contribution is -2.30. The highest BCUT2D eigenvalue weighted by Gasteiger charge is 2.39. The van der Waals surface area contributed by atoms with Crippen molar-refractivity contribution in [3.8, 4) is 0 Å². The zero-order chi connectivity index (χ0) is 16.4. The molecule has 7 heteroatoms. The summed E-state index contributed by atoms with van der Waals surface area (Å²) in [4.78, 5) is 3.51. The molecule has 0 saturated carbocycles. The van der Waals surface area contributed by atoms with Crippen molar-refractivity contribution < 1.29 is 12.8 Å². The number of rotatable bonds is 4. The fraction of sp³-hybridized carbons (Fsp3) is 0.312. The van der Waals surface area contributed by atoms with Crippen LogP contribution in [-0.4, -0.2) is 37.3 Å². The van der Waals surface area contributed by atoms with Crippen molar-refractivity contribution in [3.63, 3.8) is 0 Å².